The van der Waals surface area contributed by atoms with Crippen molar-refractivity contribution in [2.45, 2.75) is 11.8 Å². The quantitative estimate of drug-likeness (QED) is 0.894. The van der Waals surface area contributed by atoms with Gasteiger partial charge in [0.25, 0.3) is 0 Å². The third-order valence-corrected chi connectivity index (χ3v) is 4.24. The van der Waals surface area contributed by atoms with Crippen LogP contribution in [0, 0.1) is 5.82 Å². The van der Waals surface area contributed by atoms with Crippen molar-refractivity contribution in [3.63, 3.8) is 0 Å². The molecule has 1 saturated heterocycles. The highest BCUT2D eigenvalue weighted by Crippen LogP contribution is 2.37. The standard InChI is InChI=1S/C16H13BrFNO/c17-12-5-1-10(2-6-12)14-9-19-16(20)15(14)11-3-7-13(18)8-4-11/h1-8,14-15H,9H2,(H,19,20). The Morgan fingerprint density at radius 1 is 1.00 bits per heavy atom. The molecule has 2 aromatic carbocycles. The van der Waals surface area contributed by atoms with Gasteiger partial charge in [0.1, 0.15) is 5.82 Å². The van der Waals surface area contributed by atoms with Gasteiger partial charge in [0, 0.05) is 16.9 Å². The Hall–Kier alpha value is -1.68. The number of carbonyl (C=O) groups excluding carboxylic acids is 1. The number of hydrogen-bond donors (Lipinski definition) is 1. The third kappa shape index (κ3) is 2.48. The zero-order chi connectivity index (χ0) is 14.1. The van der Waals surface area contributed by atoms with Crippen molar-refractivity contribution in [1.29, 1.82) is 0 Å². The van der Waals surface area contributed by atoms with Crippen molar-refractivity contribution in [3.05, 3.63) is 69.9 Å². The molecule has 0 aliphatic carbocycles. The minimum atomic E-state index is -0.285. The van der Waals surface area contributed by atoms with Gasteiger partial charge >= 0.3 is 0 Å². The lowest BCUT2D eigenvalue weighted by Gasteiger charge is -2.17. The molecule has 1 aliphatic rings. The van der Waals surface area contributed by atoms with Crippen LogP contribution >= 0.6 is 15.9 Å². The Labute approximate surface area is 125 Å². The van der Waals surface area contributed by atoms with Crippen LogP contribution in [0.25, 0.3) is 0 Å². The van der Waals surface area contributed by atoms with Gasteiger partial charge in [0.2, 0.25) is 5.91 Å². The normalized spacial score (nSPS) is 21.8. The van der Waals surface area contributed by atoms with Crippen LogP contribution < -0.4 is 5.32 Å². The van der Waals surface area contributed by atoms with Gasteiger partial charge in [0.05, 0.1) is 5.92 Å². The summed E-state index contributed by atoms with van der Waals surface area (Å²) >= 11 is 3.41. The molecule has 2 atom stereocenters. The van der Waals surface area contributed by atoms with E-state index < -0.39 is 0 Å². The highest BCUT2D eigenvalue weighted by molar-refractivity contribution is 9.10. The number of amides is 1. The van der Waals surface area contributed by atoms with Crippen LogP contribution in [-0.4, -0.2) is 12.5 Å². The molecule has 1 fully saturated rings. The number of rotatable bonds is 2. The minimum absolute atomic E-state index is 0.00419. The van der Waals surface area contributed by atoms with Crippen molar-refractivity contribution in [3.8, 4) is 0 Å². The number of carbonyl (C=O) groups is 1. The molecule has 2 unspecified atom stereocenters. The summed E-state index contributed by atoms with van der Waals surface area (Å²) in [4.78, 5) is 12.1. The van der Waals surface area contributed by atoms with Gasteiger partial charge in [0.15, 0.2) is 0 Å². The third-order valence-electron chi connectivity index (χ3n) is 3.71. The zero-order valence-electron chi connectivity index (χ0n) is 10.6. The number of benzene rings is 2. The Bertz CT molecular complexity index is 624. The predicted molar refractivity (Wildman–Crippen MR) is 79.0 cm³/mol. The van der Waals surface area contributed by atoms with Gasteiger partial charge in [-0.05, 0) is 35.4 Å². The van der Waals surface area contributed by atoms with Gasteiger partial charge in [-0.1, -0.05) is 40.2 Å². The van der Waals surface area contributed by atoms with E-state index in [9.17, 15) is 9.18 Å². The first-order chi connectivity index (χ1) is 9.65. The van der Waals surface area contributed by atoms with E-state index in [1.807, 2.05) is 24.3 Å². The summed E-state index contributed by atoms with van der Waals surface area (Å²) in [6.07, 6.45) is 0. The molecule has 3 rings (SSSR count). The van der Waals surface area contributed by atoms with Gasteiger partial charge < -0.3 is 5.32 Å². The lowest BCUT2D eigenvalue weighted by molar-refractivity contribution is -0.120. The summed E-state index contributed by atoms with van der Waals surface area (Å²) in [7, 11) is 0. The predicted octanol–water partition coefficient (Wildman–Crippen LogP) is 3.59. The minimum Gasteiger partial charge on any atom is -0.355 e. The molecule has 0 aromatic heterocycles. The molecule has 2 nitrogen and oxygen atoms in total. The summed E-state index contributed by atoms with van der Waals surface area (Å²) < 4.78 is 14.0. The van der Waals surface area contributed by atoms with E-state index in [1.54, 1.807) is 12.1 Å². The van der Waals surface area contributed by atoms with Gasteiger partial charge in [-0.15, -0.1) is 0 Å². The van der Waals surface area contributed by atoms with Crippen LogP contribution in [-0.2, 0) is 4.79 Å². The summed E-state index contributed by atoms with van der Waals surface area (Å²) in [6.45, 7) is 0.614. The average Bonchev–Trinajstić information content (AvgIpc) is 2.83. The Morgan fingerprint density at radius 3 is 2.25 bits per heavy atom. The smallest absolute Gasteiger partial charge is 0.228 e. The highest BCUT2D eigenvalue weighted by Gasteiger charge is 2.36. The molecule has 1 amide bonds. The van der Waals surface area contributed by atoms with E-state index in [2.05, 4.69) is 21.2 Å². The second-order valence-corrected chi connectivity index (χ2v) is 5.85. The molecule has 1 aliphatic heterocycles. The second-order valence-electron chi connectivity index (χ2n) is 4.93. The Morgan fingerprint density at radius 2 is 1.60 bits per heavy atom. The summed E-state index contributed by atoms with van der Waals surface area (Å²) in [5.74, 6) is -0.449. The van der Waals surface area contributed by atoms with Crippen LogP contribution in [0.4, 0.5) is 4.39 Å². The van der Waals surface area contributed by atoms with Crippen LogP contribution in [0.15, 0.2) is 53.0 Å². The van der Waals surface area contributed by atoms with Gasteiger partial charge in [-0.3, -0.25) is 4.79 Å². The van der Waals surface area contributed by atoms with Gasteiger partial charge in [-0.2, -0.15) is 0 Å². The van der Waals surface area contributed by atoms with Crippen molar-refractivity contribution < 1.29 is 9.18 Å². The Balaban J connectivity index is 1.96. The first-order valence-electron chi connectivity index (χ1n) is 6.44. The SMILES string of the molecule is O=C1NCC(c2ccc(Br)cc2)C1c1ccc(F)cc1. The summed E-state index contributed by atoms with van der Waals surface area (Å²) in [6, 6.07) is 14.2. The lowest BCUT2D eigenvalue weighted by atomic mass is 9.84. The molecule has 1 N–H and O–H groups in total. The van der Waals surface area contributed by atoms with Crippen molar-refractivity contribution in [2.75, 3.05) is 6.54 Å². The zero-order valence-corrected chi connectivity index (χ0v) is 12.2. The van der Waals surface area contributed by atoms with Crippen molar-refractivity contribution in [2.24, 2.45) is 0 Å². The van der Waals surface area contributed by atoms with E-state index in [1.165, 1.54) is 12.1 Å². The average molecular weight is 334 g/mol. The number of halogens is 2. The fourth-order valence-corrected chi connectivity index (χ4v) is 2.96. The molecule has 0 bridgehead atoms. The molecule has 0 spiro atoms. The lowest BCUT2D eigenvalue weighted by Crippen LogP contribution is -2.18. The first-order valence-corrected chi connectivity index (χ1v) is 7.23. The maximum Gasteiger partial charge on any atom is 0.228 e. The highest BCUT2D eigenvalue weighted by atomic mass is 79.9. The van der Waals surface area contributed by atoms with Crippen molar-refractivity contribution in [1.82, 2.24) is 5.32 Å². The van der Waals surface area contributed by atoms with Crippen LogP contribution in [0.5, 0.6) is 0 Å². The second kappa shape index (κ2) is 5.37. The number of hydrogen-bond acceptors (Lipinski definition) is 1. The maximum atomic E-state index is 13.0. The fraction of sp³-hybridized carbons (Fsp3) is 0.188. The molecule has 0 radical (unpaired) electrons. The molecule has 102 valence electrons. The molecule has 20 heavy (non-hydrogen) atoms. The molecule has 1 heterocycles. The number of nitrogens with one attached hydrogen (secondary N) is 1. The van der Waals surface area contributed by atoms with Crippen LogP contribution in [0.3, 0.4) is 0 Å². The van der Waals surface area contributed by atoms with E-state index in [-0.39, 0.29) is 23.6 Å². The van der Waals surface area contributed by atoms with E-state index >= 15 is 0 Å². The first kappa shape index (κ1) is 13.3. The van der Waals surface area contributed by atoms with E-state index in [0.717, 1.165) is 15.6 Å². The molecule has 0 saturated carbocycles. The van der Waals surface area contributed by atoms with Crippen LogP contribution in [0.2, 0.25) is 0 Å². The molecular weight excluding hydrogens is 321 g/mol. The summed E-state index contributed by atoms with van der Waals surface area (Å²) in [5.41, 5.74) is 1.97. The fourth-order valence-electron chi connectivity index (χ4n) is 2.70. The maximum absolute atomic E-state index is 13.0. The Kier molecular flexibility index (Phi) is 3.57. The van der Waals surface area contributed by atoms with E-state index in [0.29, 0.717) is 6.54 Å². The topological polar surface area (TPSA) is 29.1 Å². The van der Waals surface area contributed by atoms with Crippen molar-refractivity contribution >= 4 is 21.8 Å². The van der Waals surface area contributed by atoms with Gasteiger partial charge in [-0.25, -0.2) is 4.39 Å². The molecular formula is C16H13BrFNO. The summed E-state index contributed by atoms with van der Waals surface area (Å²) in [5, 5.41) is 2.90. The largest absolute Gasteiger partial charge is 0.355 e. The molecule has 2 aromatic rings. The monoisotopic (exact) mass is 333 g/mol. The molecule has 4 heteroatoms. The van der Waals surface area contributed by atoms with E-state index in [4.69, 9.17) is 0 Å². The van der Waals surface area contributed by atoms with Crippen LogP contribution in [0.1, 0.15) is 23.0 Å².